The monoisotopic (exact) mass is 406 g/mol. The van der Waals surface area contributed by atoms with Gasteiger partial charge < -0.3 is 19.8 Å². The molecule has 0 fully saturated rings. The molecule has 154 valence electrons. The van der Waals surface area contributed by atoms with Crippen molar-refractivity contribution < 1.29 is 23.5 Å². The topological polar surface area (TPSA) is 97.6 Å². The number of Topliss-reactive ketones (excluding diaryl/α,β-unsaturated/α-hetero) is 1. The minimum atomic E-state index is -0.335. The van der Waals surface area contributed by atoms with Gasteiger partial charge >= 0.3 is 0 Å². The fraction of sp³-hybridized carbons (Fsp3) is 0.174. The molecule has 0 bridgehead atoms. The molecule has 0 saturated heterocycles. The summed E-state index contributed by atoms with van der Waals surface area (Å²) in [7, 11) is 1.50. The number of anilines is 1. The van der Waals surface area contributed by atoms with Gasteiger partial charge in [0.2, 0.25) is 5.91 Å². The van der Waals surface area contributed by atoms with Gasteiger partial charge in [0.15, 0.2) is 5.78 Å². The molecule has 30 heavy (non-hydrogen) atoms. The number of hydrogen-bond acceptors (Lipinski definition) is 5. The number of methoxy groups -OCH3 is 1. The van der Waals surface area contributed by atoms with Crippen LogP contribution in [0.1, 0.15) is 39.0 Å². The number of rotatable bonds is 8. The van der Waals surface area contributed by atoms with Crippen LogP contribution in [0.5, 0.6) is 5.75 Å². The van der Waals surface area contributed by atoms with E-state index in [1.54, 1.807) is 54.6 Å². The fourth-order valence-corrected chi connectivity index (χ4v) is 2.97. The number of benzene rings is 2. The molecule has 0 aliphatic rings. The van der Waals surface area contributed by atoms with Crippen LogP contribution >= 0.6 is 0 Å². The van der Waals surface area contributed by atoms with Crippen LogP contribution in [0, 0.1) is 0 Å². The second-order valence-electron chi connectivity index (χ2n) is 6.62. The Morgan fingerprint density at radius 3 is 2.53 bits per heavy atom. The van der Waals surface area contributed by atoms with E-state index in [-0.39, 0.29) is 30.6 Å². The Bertz CT molecular complexity index is 1060. The number of carbonyl (C=O) groups excluding carboxylic acids is 3. The molecule has 2 amide bonds. The maximum Gasteiger partial charge on any atom is 0.253 e. The molecule has 0 spiro atoms. The van der Waals surface area contributed by atoms with Gasteiger partial charge in [-0.15, -0.1) is 0 Å². The van der Waals surface area contributed by atoms with E-state index in [1.807, 2.05) is 0 Å². The summed E-state index contributed by atoms with van der Waals surface area (Å²) in [5.41, 5.74) is 1.81. The van der Waals surface area contributed by atoms with Crippen molar-refractivity contribution in [3.05, 3.63) is 83.3 Å². The van der Waals surface area contributed by atoms with Crippen molar-refractivity contribution >= 4 is 23.3 Å². The fourth-order valence-electron chi connectivity index (χ4n) is 2.97. The van der Waals surface area contributed by atoms with Crippen LogP contribution in [-0.2, 0) is 17.8 Å². The number of ether oxygens (including phenoxy) is 1. The summed E-state index contributed by atoms with van der Waals surface area (Å²) >= 11 is 0. The molecule has 2 aromatic carbocycles. The Balaban J connectivity index is 1.72. The van der Waals surface area contributed by atoms with E-state index in [2.05, 4.69) is 10.6 Å². The summed E-state index contributed by atoms with van der Waals surface area (Å²) in [6.45, 7) is 1.70. The molecule has 1 heterocycles. The maximum atomic E-state index is 12.7. The molecule has 1 aromatic heterocycles. The molecule has 0 aliphatic heterocycles. The van der Waals surface area contributed by atoms with Crippen molar-refractivity contribution in [1.29, 1.82) is 0 Å². The molecule has 0 saturated carbocycles. The van der Waals surface area contributed by atoms with Crippen molar-refractivity contribution in [2.24, 2.45) is 0 Å². The first kappa shape index (κ1) is 20.9. The number of carbonyl (C=O) groups is 3. The van der Waals surface area contributed by atoms with Crippen LogP contribution in [0.15, 0.2) is 65.3 Å². The highest BCUT2D eigenvalue weighted by atomic mass is 16.5. The van der Waals surface area contributed by atoms with Crippen molar-refractivity contribution in [3.8, 4) is 5.75 Å². The molecule has 2 N–H and O–H groups in total. The Labute approximate surface area is 174 Å². The lowest BCUT2D eigenvalue weighted by Gasteiger charge is -2.13. The van der Waals surface area contributed by atoms with Gasteiger partial charge in [-0.05, 0) is 49.4 Å². The third-order valence-electron chi connectivity index (χ3n) is 4.49. The Kier molecular flexibility index (Phi) is 6.64. The van der Waals surface area contributed by atoms with Gasteiger partial charge in [0, 0.05) is 11.1 Å². The first-order chi connectivity index (χ1) is 14.5. The van der Waals surface area contributed by atoms with E-state index >= 15 is 0 Å². The lowest BCUT2D eigenvalue weighted by molar-refractivity contribution is -0.115. The van der Waals surface area contributed by atoms with Crippen LogP contribution in [0.4, 0.5) is 5.69 Å². The predicted molar refractivity (Wildman–Crippen MR) is 112 cm³/mol. The zero-order valence-electron chi connectivity index (χ0n) is 16.7. The van der Waals surface area contributed by atoms with Crippen LogP contribution in [0.3, 0.4) is 0 Å². The minimum Gasteiger partial charge on any atom is -0.496 e. The van der Waals surface area contributed by atoms with E-state index in [9.17, 15) is 14.4 Å². The number of amides is 2. The summed E-state index contributed by atoms with van der Waals surface area (Å²) in [5, 5.41) is 5.53. The van der Waals surface area contributed by atoms with Gasteiger partial charge in [-0.3, -0.25) is 14.4 Å². The highest BCUT2D eigenvalue weighted by Crippen LogP contribution is 2.22. The molecule has 7 nitrogen and oxygen atoms in total. The van der Waals surface area contributed by atoms with Gasteiger partial charge in [0.05, 0.1) is 37.6 Å². The van der Waals surface area contributed by atoms with Gasteiger partial charge in [0.1, 0.15) is 11.5 Å². The zero-order chi connectivity index (χ0) is 21.5. The summed E-state index contributed by atoms with van der Waals surface area (Å²) in [4.78, 5) is 36.9. The van der Waals surface area contributed by atoms with Crippen LogP contribution in [0.2, 0.25) is 0 Å². The summed E-state index contributed by atoms with van der Waals surface area (Å²) in [6.07, 6.45) is 1.53. The smallest absolute Gasteiger partial charge is 0.253 e. The summed E-state index contributed by atoms with van der Waals surface area (Å²) in [5.74, 6) is 0.374. The Morgan fingerprint density at radius 2 is 1.83 bits per heavy atom. The third kappa shape index (κ3) is 5.14. The normalized spacial score (nSPS) is 10.3. The summed E-state index contributed by atoms with van der Waals surface area (Å²) < 4.78 is 10.5. The van der Waals surface area contributed by atoms with E-state index in [1.165, 1.54) is 20.3 Å². The number of ketones is 1. The van der Waals surface area contributed by atoms with Gasteiger partial charge in [-0.1, -0.05) is 12.1 Å². The quantitative estimate of drug-likeness (QED) is 0.557. The molecule has 0 radical (unpaired) electrons. The van der Waals surface area contributed by atoms with Gasteiger partial charge in [-0.25, -0.2) is 0 Å². The number of nitrogens with one attached hydrogen (secondary N) is 2. The standard InChI is InChI=1S/C23H22N2O5/c1-15(26)16-9-10-21(29-2)17(12-16)13-22(27)25-20-8-4-3-7-19(20)23(28)24-14-18-6-5-11-30-18/h3-12H,13-14H2,1-2H3,(H,24,28)(H,25,27). The van der Waals surface area contributed by atoms with Gasteiger partial charge in [-0.2, -0.15) is 0 Å². The SMILES string of the molecule is COc1ccc(C(C)=O)cc1CC(=O)Nc1ccccc1C(=O)NCc1ccco1. The number of para-hydroxylation sites is 1. The first-order valence-corrected chi connectivity index (χ1v) is 9.35. The highest BCUT2D eigenvalue weighted by molar-refractivity contribution is 6.04. The van der Waals surface area contributed by atoms with Crippen molar-refractivity contribution in [2.75, 3.05) is 12.4 Å². The van der Waals surface area contributed by atoms with E-state index in [4.69, 9.17) is 9.15 Å². The number of furan rings is 1. The molecule has 3 aromatic rings. The van der Waals surface area contributed by atoms with E-state index in [0.717, 1.165) is 0 Å². The zero-order valence-corrected chi connectivity index (χ0v) is 16.7. The van der Waals surface area contributed by atoms with Gasteiger partial charge in [0.25, 0.3) is 5.91 Å². The van der Waals surface area contributed by atoms with Crippen LogP contribution in [0.25, 0.3) is 0 Å². The average molecular weight is 406 g/mol. The average Bonchev–Trinajstić information content (AvgIpc) is 3.26. The maximum absolute atomic E-state index is 12.7. The van der Waals surface area contributed by atoms with E-state index < -0.39 is 0 Å². The van der Waals surface area contributed by atoms with Crippen molar-refractivity contribution in [2.45, 2.75) is 19.9 Å². The largest absolute Gasteiger partial charge is 0.496 e. The lowest BCUT2D eigenvalue weighted by atomic mass is 10.0. The molecule has 3 rings (SSSR count). The Hall–Kier alpha value is -3.87. The van der Waals surface area contributed by atoms with Crippen molar-refractivity contribution in [3.63, 3.8) is 0 Å². The minimum absolute atomic E-state index is 0.00730. The summed E-state index contributed by atoms with van der Waals surface area (Å²) in [6, 6.07) is 15.2. The highest BCUT2D eigenvalue weighted by Gasteiger charge is 2.16. The number of hydrogen-bond donors (Lipinski definition) is 2. The third-order valence-corrected chi connectivity index (χ3v) is 4.49. The van der Waals surface area contributed by atoms with Crippen LogP contribution < -0.4 is 15.4 Å². The predicted octanol–water partition coefficient (Wildman–Crippen LogP) is 3.60. The molecule has 0 atom stereocenters. The Morgan fingerprint density at radius 1 is 1.03 bits per heavy atom. The molecule has 0 aliphatic carbocycles. The first-order valence-electron chi connectivity index (χ1n) is 9.35. The van der Waals surface area contributed by atoms with Crippen molar-refractivity contribution in [1.82, 2.24) is 5.32 Å². The molecular formula is C23H22N2O5. The molecular weight excluding hydrogens is 384 g/mol. The second kappa shape index (κ2) is 9.56. The lowest BCUT2D eigenvalue weighted by Crippen LogP contribution is -2.25. The molecule has 0 unspecified atom stereocenters. The van der Waals surface area contributed by atoms with Crippen LogP contribution in [-0.4, -0.2) is 24.7 Å². The molecule has 7 heteroatoms. The second-order valence-corrected chi connectivity index (χ2v) is 6.62. The van der Waals surface area contributed by atoms with E-state index in [0.29, 0.717) is 33.9 Å².